The SMILES string of the molecule is CCOc1ccccc1NC(=O)Cc1cc2c(cc1Br)OCCO2. The number of hydrogen-bond donors (Lipinski definition) is 1. The highest BCUT2D eigenvalue weighted by Crippen LogP contribution is 2.36. The lowest BCUT2D eigenvalue weighted by Crippen LogP contribution is -2.18. The van der Waals surface area contributed by atoms with Crippen LogP contribution < -0.4 is 19.5 Å². The molecule has 0 aliphatic carbocycles. The number of rotatable bonds is 5. The Labute approximate surface area is 149 Å². The predicted octanol–water partition coefficient (Wildman–Crippen LogP) is 3.80. The van der Waals surface area contributed by atoms with Crippen molar-refractivity contribution in [3.63, 3.8) is 0 Å². The number of halogens is 1. The molecular weight excluding hydrogens is 374 g/mol. The Kier molecular flexibility index (Phi) is 5.25. The standard InChI is InChI=1S/C18H18BrNO4/c1-2-22-15-6-4-3-5-14(15)20-18(21)10-12-9-16-17(11-13(12)19)24-8-7-23-16/h3-6,9,11H,2,7-8,10H2,1H3,(H,20,21). The molecule has 0 saturated heterocycles. The Bertz CT molecular complexity index is 748. The summed E-state index contributed by atoms with van der Waals surface area (Å²) in [4.78, 5) is 12.4. The van der Waals surface area contributed by atoms with E-state index in [1.54, 1.807) is 0 Å². The molecule has 0 aromatic heterocycles. The Balaban J connectivity index is 1.73. The van der Waals surface area contributed by atoms with Crippen LogP contribution in [0.25, 0.3) is 0 Å². The average molecular weight is 392 g/mol. The molecule has 0 atom stereocenters. The second-order valence-electron chi connectivity index (χ2n) is 5.24. The van der Waals surface area contributed by atoms with E-state index in [1.165, 1.54) is 0 Å². The first-order valence-corrected chi connectivity index (χ1v) is 8.56. The molecule has 0 unspecified atom stereocenters. The van der Waals surface area contributed by atoms with Crippen molar-refractivity contribution in [1.82, 2.24) is 0 Å². The van der Waals surface area contributed by atoms with Crippen molar-refractivity contribution in [2.45, 2.75) is 13.3 Å². The maximum Gasteiger partial charge on any atom is 0.228 e. The smallest absolute Gasteiger partial charge is 0.228 e. The Hall–Kier alpha value is -2.21. The van der Waals surface area contributed by atoms with E-state index in [2.05, 4.69) is 21.2 Å². The molecule has 0 spiro atoms. The molecular formula is C18H18BrNO4. The second-order valence-corrected chi connectivity index (χ2v) is 6.10. The fourth-order valence-corrected chi connectivity index (χ4v) is 2.92. The lowest BCUT2D eigenvalue weighted by molar-refractivity contribution is -0.115. The first-order chi connectivity index (χ1) is 11.7. The molecule has 2 aromatic rings. The van der Waals surface area contributed by atoms with Crippen LogP contribution in [-0.2, 0) is 11.2 Å². The molecule has 0 bridgehead atoms. The van der Waals surface area contributed by atoms with Gasteiger partial charge >= 0.3 is 0 Å². The van der Waals surface area contributed by atoms with Gasteiger partial charge in [0.1, 0.15) is 19.0 Å². The number of anilines is 1. The van der Waals surface area contributed by atoms with Crippen molar-refractivity contribution in [1.29, 1.82) is 0 Å². The lowest BCUT2D eigenvalue weighted by Gasteiger charge is -2.20. The zero-order valence-electron chi connectivity index (χ0n) is 13.3. The zero-order valence-corrected chi connectivity index (χ0v) is 14.9. The number of hydrogen-bond acceptors (Lipinski definition) is 4. The monoisotopic (exact) mass is 391 g/mol. The summed E-state index contributed by atoms with van der Waals surface area (Å²) in [6.45, 7) is 3.50. The Morgan fingerprint density at radius 2 is 1.92 bits per heavy atom. The van der Waals surface area contributed by atoms with Crippen LogP contribution >= 0.6 is 15.9 Å². The molecule has 0 radical (unpaired) electrons. The molecule has 1 aliphatic rings. The molecule has 1 N–H and O–H groups in total. The van der Waals surface area contributed by atoms with Gasteiger partial charge in [-0.2, -0.15) is 0 Å². The summed E-state index contributed by atoms with van der Waals surface area (Å²) in [5.41, 5.74) is 1.50. The normalized spacial score (nSPS) is 12.6. The van der Waals surface area contributed by atoms with E-state index in [1.807, 2.05) is 43.3 Å². The molecule has 2 aromatic carbocycles. The summed E-state index contributed by atoms with van der Waals surface area (Å²) in [5, 5.41) is 2.89. The third kappa shape index (κ3) is 3.82. The van der Waals surface area contributed by atoms with Gasteiger partial charge in [-0.3, -0.25) is 4.79 Å². The molecule has 0 fully saturated rings. The molecule has 1 heterocycles. The zero-order chi connectivity index (χ0) is 16.9. The largest absolute Gasteiger partial charge is 0.492 e. The van der Waals surface area contributed by atoms with E-state index in [0.717, 1.165) is 10.0 Å². The molecule has 0 saturated carbocycles. The number of amides is 1. The highest BCUT2D eigenvalue weighted by Gasteiger charge is 2.17. The van der Waals surface area contributed by atoms with Crippen LogP contribution in [0.1, 0.15) is 12.5 Å². The Morgan fingerprint density at radius 1 is 1.21 bits per heavy atom. The summed E-state index contributed by atoms with van der Waals surface area (Å²) in [7, 11) is 0. The van der Waals surface area contributed by atoms with Gasteiger partial charge in [0.15, 0.2) is 11.5 Å². The molecule has 126 valence electrons. The number of fused-ring (bicyclic) bond motifs is 1. The van der Waals surface area contributed by atoms with Gasteiger partial charge in [0, 0.05) is 4.47 Å². The van der Waals surface area contributed by atoms with Crippen LogP contribution in [0, 0.1) is 0 Å². The third-order valence-electron chi connectivity index (χ3n) is 3.52. The van der Waals surface area contributed by atoms with Crippen molar-refractivity contribution in [2.75, 3.05) is 25.1 Å². The van der Waals surface area contributed by atoms with Gasteiger partial charge in [-0.05, 0) is 36.8 Å². The molecule has 24 heavy (non-hydrogen) atoms. The predicted molar refractivity (Wildman–Crippen MR) is 95.1 cm³/mol. The highest BCUT2D eigenvalue weighted by molar-refractivity contribution is 9.10. The van der Waals surface area contributed by atoms with Crippen LogP contribution in [0.5, 0.6) is 17.2 Å². The van der Waals surface area contributed by atoms with E-state index in [9.17, 15) is 4.79 Å². The third-order valence-corrected chi connectivity index (χ3v) is 4.26. The van der Waals surface area contributed by atoms with Gasteiger partial charge in [0.2, 0.25) is 5.91 Å². The van der Waals surface area contributed by atoms with Gasteiger partial charge in [-0.25, -0.2) is 0 Å². The molecule has 5 nitrogen and oxygen atoms in total. The van der Waals surface area contributed by atoms with E-state index in [0.29, 0.717) is 42.8 Å². The lowest BCUT2D eigenvalue weighted by atomic mass is 10.1. The molecule has 3 rings (SSSR count). The van der Waals surface area contributed by atoms with Crippen molar-refractivity contribution in [3.8, 4) is 17.2 Å². The number of nitrogens with one attached hydrogen (secondary N) is 1. The van der Waals surface area contributed by atoms with E-state index < -0.39 is 0 Å². The number of carbonyl (C=O) groups excluding carboxylic acids is 1. The summed E-state index contributed by atoms with van der Waals surface area (Å²) < 4.78 is 17.4. The number of para-hydroxylation sites is 2. The first kappa shape index (κ1) is 16.6. The van der Waals surface area contributed by atoms with Crippen LogP contribution in [0.3, 0.4) is 0 Å². The maximum absolute atomic E-state index is 12.4. The summed E-state index contributed by atoms with van der Waals surface area (Å²) >= 11 is 3.49. The fourth-order valence-electron chi connectivity index (χ4n) is 2.46. The molecule has 1 amide bonds. The van der Waals surface area contributed by atoms with E-state index in [4.69, 9.17) is 14.2 Å². The van der Waals surface area contributed by atoms with Crippen molar-refractivity contribution in [3.05, 3.63) is 46.4 Å². The summed E-state index contributed by atoms with van der Waals surface area (Å²) in [6.07, 6.45) is 0.220. The second kappa shape index (κ2) is 7.57. The Morgan fingerprint density at radius 3 is 2.67 bits per heavy atom. The van der Waals surface area contributed by atoms with Crippen LogP contribution in [-0.4, -0.2) is 25.7 Å². The minimum absolute atomic E-state index is 0.125. The van der Waals surface area contributed by atoms with Gasteiger partial charge in [0.25, 0.3) is 0 Å². The van der Waals surface area contributed by atoms with Crippen molar-refractivity contribution >= 4 is 27.5 Å². The quantitative estimate of drug-likeness (QED) is 0.841. The maximum atomic E-state index is 12.4. The number of ether oxygens (including phenoxy) is 3. The average Bonchev–Trinajstić information content (AvgIpc) is 2.57. The van der Waals surface area contributed by atoms with Crippen molar-refractivity contribution in [2.24, 2.45) is 0 Å². The van der Waals surface area contributed by atoms with Crippen molar-refractivity contribution < 1.29 is 19.0 Å². The van der Waals surface area contributed by atoms with Crippen LogP contribution in [0.15, 0.2) is 40.9 Å². The van der Waals surface area contributed by atoms with Crippen LogP contribution in [0.4, 0.5) is 5.69 Å². The van der Waals surface area contributed by atoms with Crippen LogP contribution in [0.2, 0.25) is 0 Å². The highest BCUT2D eigenvalue weighted by atomic mass is 79.9. The topological polar surface area (TPSA) is 56.8 Å². The van der Waals surface area contributed by atoms with Gasteiger partial charge in [-0.1, -0.05) is 28.1 Å². The van der Waals surface area contributed by atoms with Gasteiger partial charge in [-0.15, -0.1) is 0 Å². The molecule has 1 aliphatic heterocycles. The summed E-state index contributed by atoms with van der Waals surface area (Å²) in [6, 6.07) is 11.1. The first-order valence-electron chi connectivity index (χ1n) is 7.77. The minimum atomic E-state index is -0.125. The van der Waals surface area contributed by atoms with E-state index >= 15 is 0 Å². The number of carbonyl (C=O) groups is 1. The minimum Gasteiger partial charge on any atom is -0.492 e. The van der Waals surface area contributed by atoms with E-state index in [-0.39, 0.29) is 12.3 Å². The van der Waals surface area contributed by atoms with Gasteiger partial charge < -0.3 is 19.5 Å². The van der Waals surface area contributed by atoms with Gasteiger partial charge in [0.05, 0.1) is 18.7 Å². The fraction of sp³-hybridized carbons (Fsp3) is 0.278. The summed E-state index contributed by atoms with van der Waals surface area (Å²) in [5.74, 6) is 1.90. The molecule has 6 heteroatoms. The number of benzene rings is 2.